The van der Waals surface area contributed by atoms with Crippen molar-refractivity contribution in [2.24, 2.45) is 5.92 Å². The highest BCUT2D eigenvalue weighted by Crippen LogP contribution is 2.31. The lowest BCUT2D eigenvalue weighted by Crippen LogP contribution is -2.24. The fourth-order valence-corrected chi connectivity index (χ4v) is 2.94. The highest BCUT2D eigenvalue weighted by atomic mass is 16.1. The van der Waals surface area contributed by atoms with E-state index in [0.29, 0.717) is 12.8 Å². The van der Waals surface area contributed by atoms with E-state index in [1.807, 2.05) is 60.7 Å². The van der Waals surface area contributed by atoms with E-state index in [1.54, 1.807) is 13.8 Å². The Morgan fingerprint density at radius 3 is 1.91 bits per heavy atom. The fourth-order valence-electron chi connectivity index (χ4n) is 2.94. The van der Waals surface area contributed by atoms with Crippen molar-refractivity contribution in [3.05, 3.63) is 71.8 Å². The van der Waals surface area contributed by atoms with Crippen molar-refractivity contribution < 1.29 is 9.59 Å². The summed E-state index contributed by atoms with van der Waals surface area (Å²) in [6, 6.07) is 19.9. The summed E-state index contributed by atoms with van der Waals surface area (Å²) in [5, 5.41) is 0. The van der Waals surface area contributed by atoms with Crippen LogP contribution < -0.4 is 0 Å². The molecular formula is C20H22O2. The highest BCUT2D eigenvalue weighted by molar-refractivity contribution is 5.82. The van der Waals surface area contributed by atoms with Crippen molar-refractivity contribution in [1.82, 2.24) is 0 Å². The zero-order chi connectivity index (χ0) is 15.9. The van der Waals surface area contributed by atoms with Crippen LogP contribution in [0.4, 0.5) is 0 Å². The van der Waals surface area contributed by atoms with Crippen molar-refractivity contribution in [1.29, 1.82) is 0 Å². The van der Waals surface area contributed by atoms with E-state index in [1.165, 1.54) is 0 Å². The molecule has 0 fully saturated rings. The molecule has 2 aromatic rings. The lowest BCUT2D eigenvalue weighted by atomic mass is 9.77. The van der Waals surface area contributed by atoms with Crippen molar-refractivity contribution in [3.8, 4) is 0 Å². The van der Waals surface area contributed by atoms with Gasteiger partial charge in [-0.05, 0) is 31.4 Å². The molecule has 0 amide bonds. The van der Waals surface area contributed by atoms with Gasteiger partial charge in [0.2, 0.25) is 0 Å². The Morgan fingerprint density at radius 2 is 1.41 bits per heavy atom. The maximum atomic E-state index is 12.2. The van der Waals surface area contributed by atoms with Crippen LogP contribution in [0.1, 0.15) is 37.3 Å². The van der Waals surface area contributed by atoms with Gasteiger partial charge < -0.3 is 4.79 Å². The fraction of sp³-hybridized carbons (Fsp3) is 0.300. The Balaban J connectivity index is 2.32. The van der Waals surface area contributed by atoms with E-state index in [-0.39, 0.29) is 23.4 Å². The average Bonchev–Trinajstić information content (AvgIpc) is 2.52. The van der Waals surface area contributed by atoms with Crippen LogP contribution in [0.2, 0.25) is 0 Å². The van der Waals surface area contributed by atoms with Gasteiger partial charge in [-0.3, -0.25) is 4.79 Å². The molecule has 2 nitrogen and oxygen atoms in total. The first-order valence-corrected chi connectivity index (χ1v) is 7.66. The van der Waals surface area contributed by atoms with Gasteiger partial charge in [0.25, 0.3) is 0 Å². The van der Waals surface area contributed by atoms with E-state index in [9.17, 15) is 9.59 Å². The van der Waals surface area contributed by atoms with Gasteiger partial charge in [0.1, 0.15) is 11.6 Å². The molecule has 2 unspecified atom stereocenters. The minimum absolute atomic E-state index is 0.0589. The molecule has 0 aliphatic heterocycles. The molecule has 22 heavy (non-hydrogen) atoms. The average molecular weight is 294 g/mol. The Hall–Kier alpha value is -2.22. The predicted molar refractivity (Wildman–Crippen MR) is 88.8 cm³/mol. The second-order valence-corrected chi connectivity index (χ2v) is 5.83. The molecule has 114 valence electrons. The summed E-state index contributed by atoms with van der Waals surface area (Å²) in [4.78, 5) is 23.9. The second-order valence-electron chi connectivity index (χ2n) is 5.83. The smallest absolute Gasteiger partial charge is 0.133 e. The van der Waals surface area contributed by atoms with Crippen molar-refractivity contribution in [3.63, 3.8) is 0 Å². The first-order chi connectivity index (χ1) is 10.6. The number of Topliss-reactive ketones (excluding diaryl/α,β-unsaturated/α-hetero) is 2. The highest BCUT2D eigenvalue weighted by Gasteiger charge is 2.28. The summed E-state index contributed by atoms with van der Waals surface area (Å²) in [5.41, 5.74) is 2.20. The molecule has 0 saturated heterocycles. The number of benzene rings is 2. The third-order valence-electron chi connectivity index (χ3n) is 4.04. The van der Waals surface area contributed by atoms with Crippen LogP contribution in [0.15, 0.2) is 60.7 Å². The number of hydrogen-bond donors (Lipinski definition) is 0. The maximum Gasteiger partial charge on any atom is 0.133 e. The van der Waals surface area contributed by atoms with Crippen LogP contribution in [-0.4, -0.2) is 11.6 Å². The Bertz CT molecular complexity index is 617. The molecule has 0 N–H and O–H groups in total. The molecule has 2 aromatic carbocycles. The van der Waals surface area contributed by atoms with Crippen LogP contribution in [0.5, 0.6) is 0 Å². The molecule has 2 rings (SSSR count). The van der Waals surface area contributed by atoms with Gasteiger partial charge in [-0.25, -0.2) is 0 Å². The predicted octanol–water partition coefficient (Wildman–Crippen LogP) is 4.20. The van der Waals surface area contributed by atoms with Crippen LogP contribution in [0, 0.1) is 5.92 Å². The lowest BCUT2D eigenvalue weighted by molar-refractivity contribution is -0.122. The van der Waals surface area contributed by atoms with Crippen molar-refractivity contribution in [2.75, 3.05) is 0 Å². The zero-order valence-corrected chi connectivity index (χ0v) is 13.2. The largest absolute Gasteiger partial charge is 0.300 e. The quantitative estimate of drug-likeness (QED) is 0.767. The van der Waals surface area contributed by atoms with Gasteiger partial charge in [0, 0.05) is 18.3 Å². The summed E-state index contributed by atoms with van der Waals surface area (Å²) in [6.07, 6.45) is 1.07. The van der Waals surface area contributed by atoms with Crippen molar-refractivity contribution >= 4 is 11.6 Å². The van der Waals surface area contributed by atoms with E-state index < -0.39 is 0 Å². The Kier molecular flexibility index (Phi) is 5.65. The minimum Gasteiger partial charge on any atom is -0.300 e. The van der Waals surface area contributed by atoms with Crippen LogP contribution in [0.25, 0.3) is 0 Å². The normalized spacial score (nSPS) is 13.4. The summed E-state index contributed by atoms with van der Waals surface area (Å²) >= 11 is 0. The van der Waals surface area contributed by atoms with Crippen LogP contribution in [-0.2, 0) is 16.0 Å². The summed E-state index contributed by atoms with van der Waals surface area (Å²) < 4.78 is 0. The molecular weight excluding hydrogens is 272 g/mol. The number of carbonyl (C=O) groups excluding carboxylic acids is 2. The first-order valence-electron chi connectivity index (χ1n) is 7.66. The van der Waals surface area contributed by atoms with Gasteiger partial charge in [-0.1, -0.05) is 60.7 Å². The number of ketones is 2. The molecule has 0 saturated carbocycles. The standard InChI is InChI=1S/C20H22O2/c1-15(21)13-20(18-11-7-4-8-12-18)19(16(2)22)14-17-9-5-3-6-10-17/h3-12,19-20H,13-14H2,1-2H3. The first kappa shape index (κ1) is 16.2. The number of hydrogen-bond acceptors (Lipinski definition) is 2. The third-order valence-corrected chi connectivity index (χ3v) is 4.04. The summed E-state index contributed by atoms with van der Waals surface area (Å²) in [5.74, 6) is 0.0252. The number of rotatable bonds is 7. The van der Waals surface area contributed by atoms with E-state index in [2.05, 4.69) is 0 Å². The summed E-state index contributed by atoms with van der Waals surface area (Å²) in [6.45, 7) is 3.22. The molecule has 2 atom stereocenters. The molecule has 0 heterocycles. The molecule has 0 spiro atoms. The van der Waals surface area contributed by atoms with E-state index >= 15 is 0 Å². The molecule has 0 radical (unpaired) electrons. The zero-order valence-electron chi connectivity index (χ0n) is 13.2. The van der Waals surface area contributed by atoms with Gasteiger partial charge in [0.15, 0.2) is 0 Å². The second kappa shape index (κ2) is 7.69. The topological polar surface area (TPSA) is 34.1 Å². The maximum absolute atomic E-state index is 12.2. The molecule has 0 aromatic heterocycles. The lowest BCUT2D eigenvalue weighted by Gasteiger charge is -2.25. The van der Waals surface area contributed by atoms with Gasteiger partial charge in [-0.15, -0.1) is 0 Å². The number of carbonyl (C=O) groups is 2. The summed E-state index contributed by atoms with van der Waals surface area (Å²) in [7, 11) is 0. The molecule has 0 bridgehead atoms. The molecule has 0 aliphatic carbocycles. The van der Waals surface area contributed by atoms with Gasteiger partial charge in [0.05, 0.1) is 0 Å². The van der Waals surface area contributed by atoms with E-state index in [0.717, 1.165) is 11.1 Å². The SMILES string of the molecule is CC(=O)CC(c1ccccc1)C(Cc1ccccc1)C(C)=O. The molecule has 2 heteroatoms. The monoisotopic (exact) mass is 294 g/mol. The van der Waals surface area contributed by atoms with Crippen LogP contribution >= 0.6 is 0 Å². The Labute approximate surface area is 132 Å². The van der Waals surface area contributed by atoms with Gasteiger partial charge in [-0.2, -0.15) is 0 Å². The van der Waals surface area contributed by atoms with Crippen molar-refractivity contribution in [2.45, 2.75) is 32.6 Å². The van der Waals surface area contributed by atoms with Gasteiger partial charge >= 0.3 is 0 Å². The minimum atomic E-state index is -0.173. The van der Waals surface area contributed by atoms with Crippen LogP contribution in [0.3, 0.4) is 0 Å². The molecule has 0 aliphatic rings. The Morgan fingerprint density at radius 1 is 0.864 bits per heavy atom. The van der Waals surface area contributed by atoms with E-state index in [4.69, 9.17) is 0 Å². The third kappa shape index (κ3) is 4.39.